The Morgan fingerprint density at radius 1 is 1.27 bits per heavy atom. The highest BCUT2D eigenvalue weighted by Crippen LogP contribution is 2.52. The van der Waals surface area contributed by atoms with Crippen molar-refractivity contribution in [3.05, 3.63) is 42.1 Å². The summed E-state index contributed by atoms with van der Waals surface area (Å²) in [5.41, 5.74) is 2.81. The van der Waals surface area contributed by atoms with Gasteiger partial charge in [-0.15, -0.1) is 0 Å². The van der Waals surface area contributed by atoms with Crippen LogP contribution in [0.2, 0.25) is 0 Å². The molecule has 1 aliphatic carbocycles. The first-order valence-corrected chi connectivity index (χ1v) is 9.55. The van der Waals surface area contributed by atoms with Crippen molar-refractivity contribution in [2.45, 2.75) is 26.2 Å². The fourth-order valence-corrected chi connectivity index (χ4v) is 3.99. The Hall–Kier alpha value is -1.09. The second kappa shape index (κ2) is 6.99. The summed E-state index contributed by atoms with van der Waals surface area (Å²) in [6.45, 7) is 11.9. The number of hydrogen-bond acceptors (Lipinski definition) is 3. The van der Waals surface area contributed by atoms with Gasteiger partial charge in [-0.25, -0.2) is 0 Å². The van der Waals surface area contributed by atoms with Gasteiger partial charge in [-0.1, -0.05) is 32.6 Å². The van der Waals surface area contributed by atoms with E-state index in [1.807, 2.05) is 0 Å². The molecule has 0 bridgehead atoms. The van der Waals surface area contributed by atoms with E-state index in [1.54, 1.807) is 0 Å². The summed E-state index contributed by atoms with van der Waals surface area (Å²) in [5.74, 6) is 5.38. The molecule has 2 atom stereocenters. The lowest BCUT2D eigenvalue weighted by Crippen LogP contribution is -2.32. The van der Waals surface area contributed by atoms with Crippen molar-refractivity contribution in [2.24, 2.45) is 11.8 Å². The van der Waals surface area contributed by atoms with Gasteiger partial charge in [0.2, 0.25) is 0 Å². The van der Waals surface area contributed by atoms with Gasteiger partial charge in [-0.05, 0) is 36.0 Å². The number of benzene rings is 1. The standard InChI is InChI=1S/C19H27NOS/c1-14(2)13-21-17-6-4-16(5-7-17)19-12-18(19)15(3)20-8-10-22-11-9-20/h4-7,14,18-19H,3,8-13H2,1-2H3. The van der Waals surface area contributed by atoms with Crippen molar-refractivity contribution in [1.29, 1.82) is 0 Å². The maximum absolute atomic E-state index is 5.76. The molecule has 0 aromatic heterocycles. The molecule has 2 fully saturated rings. The fraction of sp³-hybridized carbons (Fsp3) is 0.579. The Balaban J connectivity index is 1.54. The van der Waals surface area contributed by atoms with E-state index in [0.29, 0.717) is 17.8 Å². The fourth-order valence-electron chi connectivity index (χ4n) is 3.09. The predicted octanol–water partition coefficient (Wildman–Crippen LogP) is 4.39. The molecule has 3 rings (SSSR count). The van der Waals surface area contributed by atoms with Crippen LogP contribution in [0.15, 0.2) is 36.5 Å². The summed E-state index contributed by atoms with van der Waals surface area (Å²) in [6, 6.07) is 8.71. The molecular weight excluding hydrogens is 290 g/mol. The number of hydrogen-bond donors (Lipinski definition) is 0. The van der Waals surface area contributed by atoms with Gasteiger partial charge in [-0.2, -0.15) is 11.8 Å². The molecule has 1 aromatic carbocycles. The van der Waals surface area contributed by atoms with Gasteiger partial charge < -0.3 is 9.64 Å². The number of rotatable bonds is 6. The Morgan fingerprint density at radius 2 is 1.95 bits per heavy atom. The smallest absolute Gasteiger partial charge is 0.119 e. The van der Waals surface area contributed by atoms with Gasteiger partial charge in [0.1, 0.15) is 5.75 Å². The number of allylic oxidation sites excluding steroid dienone is 1. The van der Waals surface area contributed by atoms with Gasteiger partial charge >= 0.3 is 0 Å². The first kappa shape index (κ1) is 15.8. The van der Waals surface area contributed by atoms with Crippen LogP contribution in [-0.2, 0) is 0 Å². The molecule has 1 saturated heterocycles. The molecule has 2 nitrogen and oxygen atoms in total. The number of thioether (sulfide) groups is 1. The molecule has 0 amide bonds. The van der Waals surface area contributed by atoms with Crippen LogP contribution >= 0.6 is 11.8 Å². The third-order valence-corrected chi connectivity index (χ3v) is 5.47. The maximum Gasteiger partial charge on any atom is 0.119 e. The normalized spacial score (nSPS) is 24.4. The lowest BCUT2D eigenvalue weighted by molar-refractivity contribution is 0.271. The zero-order chi connectivity index (χ0) is 15.5. The Morgan fingerprint density at radius 3 is 2.59 bits per heavy atom. The maximum atomic E-state index is 5.76. The van der Waals surface area contributed by atoms with Crippen LogP contribution in [0, 0.1) is 11.8 Å². The van der Waals surface area contributed by atoms with Crippen molar-refractivity contribution < 1.29 is 4.74 Å². The first-order chi connectivity index (χ1) is 10.6. The number of ether oxygens (including phenoxy) is 1. The lowest BCUT2D eigenvalue weighted by Gasteiger charge is -2.30. The van der Waals surface area contributed by atoms with Gasteiger partial charge in [-0.3, -0.25) is 0 Å². The highest BCUT2D eigenvalue weighted by atomic mass is 32.2. The molecule has 1 aliphatic heterocycles. The van der Waals surface area contributed by atoms with Crippen LogP contribution in [0.3, 0.4) is 0 Å². The monoisotopic (exact) mass is 317 g/mol. The van der Waals surface area contributed by atoms with Crippen LogP contribution in [0.25, 0.3) is 0 Å². The third kappa shape index (κ3) is 3.81. The molecule has 0 N–H and O–H groups in total. The predicted molar refractivity (Wildman–Crippen MR) is 95.7 cm³/mol. The minimum atomic E-state index is 0.568. The second-order valence-corrected chi connectivity index (χ2v) is 8.04. The van der Waals surface area contributed by atoms with E-state index in [9.17, 15) is 0 Å². The zero-order valence-electron chi connectivity index (χ0n) is 13.8. The van der Waals surface area contributed by atoms with E-state index in [1.165, 1.54) is 42.3 Å². The second-order valence-electron chi connectivity index (χ2n) is 6.81. The molecule has 1 saturated carbocycles. The summed E-state index contributed by atoms with van der Waals surface area (Å²) in [4.78, 5) is 2.50. The van der Waals surface area contributed by atoms with Gasteiger partial charge in [0.25, 0.3) is 0 Å². The lowest BCUT2D eigenvalue weighted by atomic mass is 10.1. The Kier molecular flexibility index (Phi) is 5.02. The van der Waals surface area contributed by atoms with Crippen molar-refractivity contribution in [3.63, 3.8) is 0 Å². The quantitative estimate of drug-likeness (QED) is 0.772. The highest BCUT2D eigenvalue weighted by Gasteiger charge is 2.42. The van der Waals surface area contributed by atoms with E-state index in [-0.39, 0.29) is 0 Å². The largest absolute Gasteiger partial charge is 0.493 e. The summed E-state index contributed by atoms with van der Waals surface area (Å²) >= 11 is 2.06. The molecule has 22 heavy (non-hydrogen) atoms. The molecule has 1 heterocycles. The number of nitrogens with zero attached hydrogens (tertiary/aromatic N) is 1. The van der Waals surface area contributed by atoms with E-state index < -0.39 is 0 Å². The Bertz CT molecular complexity index is 505. The third-order valence-electron chi connectivity index (χ3n) is 4.53. The first-order valence-electron chi connectivity index (χ1n) is 8.39. The molecule has 120 valence electrons. The van der Waals surface area contributed by atoms with E-state index >= 15 is 0 Å². The summed E-state index contributed by atoms with van der Waals surface area (Å²) in [7, 11) is 0. The van der Waals surface area contributed by atoms with Crippen LogP contribution in [-0.4, -0.2) is 36.1 Å². The summed E-state index contributed by atoms with van der Waals surface area (Å²) < 4.78 is 5.76. The Labute approximate surface area is 138 Å². The SMILES string of the molecule is C=C(C1CC1c1ccc(OCC(C)C)cc1)N1CCSCC1. The van der Waals surface area contributed by atoms with E-state index in [4.69, 9.17) is 4.74 Å². The molecule has 1 aromatic rings. The average molecular weight is 317 g/mol. The highest BCUT2D eigenvalue weighted by molar-refractivity contribution is 7.99. The zero-order valence-corrected chi connectivity index (χ0v) is 14.6. The molecule has 2 unspecified atom stereocenters. The van der Waals surface area contributed by atoms with Crippen molar-refractivity contribution >= 4 is 11.8 Å². The van der Waals surface area contributed by atoms with Crippen molar-refractivity contribution in [3.8, 4) is 5.75 Å². The molecule has 3 heteroatoms. The van der Waals surface area contributed by atoms with E-state index in [0.717, 1.165) is 12.4 Å². The molecule has 0 radical (unpaired) electrons. The van der Waals surface area contributed by atoms with Crippen LogP contribution in [0.4, 0.5) is 0 Å². The minimum absolute atomic E-state index is 0.568. The van der Waals surface area contributed by atoms with Crippen LogP contribution < -0.4 is 4.74 Å². The van der Waals surface area contributed by atoms with Gasteiger partial charge in [0.05, 0.1) is 6.61 Å². The summed E-state index contributed by atoms with van der Waals surface area (Å²) in [6.07, 6.45) is 1.26. The van der Waals surface area contributed by atoms with Crippen molar-refractivity contribution in [1.82, 2.24) is 4.90 Å². The summed E-state index contributed by atoms with van der Waals surface area (Å²) in [5, 5.41) is 0. The van der Waals surface area contributed by atoms with Crippen LogP contribution in [0.1, 0.15) is 31.7 Å². The minimum Gasteiger partial charge on any atom is -0.493 e. The van der Waals surface area contributed by atoms with E-state index in [2.05, 4.69) is 61.4 Å². The van der Waals surface area contributed by atoms with Crippen molar-refractivity contribution in [2.75, 3.05) is 31.2 Å². The van der Waals surface area contributed by atoms with Crippen LogP contribution in [0.5, 0.6) is 5.75 Å². The average Bonchev–Trinajstić information content (AvgIpc) is 3.34. The van der Waals surface area contributed by atoms with Gasteiger partial charge in [0, 0.05) is 36.2 Å². The molecule has 2 aliphatic rings. The molecular formula is C19H27NOS. The molecule has 0 spiro atoms. The topological polar surface area (TPSA) is 12.5 Å². The van der Waals surface area contributed by atoms with Gasteiger partial charge in [0.15, 0.2) is 0 Å².